The highest BCUT2D eigenvalue weighted by molar-refractivity contribution is 7.85. The maximum absolute atomic E-state index is 11.4. The minimum atomic E-state index is -4.26. The van der Waals surface area contributed by atoms with Crippen molar-refractivity contribution < 1.29 is 13.0 Å². The van der Waals surface area contributed by atoms with E-state index in [1.54, 1.807) is 12.1 Å². The van der Waals surface area contributed by atoms with Gasteiger partial charge in [-0.1, -0.05) is 119 Å². The Balaban J connectivity index is 1.59. The van der Waals surface area contributed by atoms with Gasteiger partial charge in [0.05, 0.1) is 16.3 Å². The molecule has 0 spiro atoms. The first-order valence-corrected chi connectivity index (χ1v) is 16.0. The van der Waals surface area contributed by atoms with E-state index in [2.05, 4.69) is 54.5 Å². The number of nitrogens with zero attached hydrogens (tertiary/aromatic N) is 2. The molecule has 4 rings (SSSR count). The molecule has 0 aromatic heterocycles. The number of azo groups is 1. The van der Waals surface area contributed by atoms with E-state index in [0.29, 0.717) is 5.69 Å². The molecule has 4 aromatic rings. The zero-order valence-corrected chi connectivity index (χ0v) is 24.2. The Hall–Kier alpha value is -3.35. The van der Waals surface area contributed by atoms with Crippen LogP contribution < -0.4 is 0 Å². The van der Waals surface area contributed by atoms with Gasteiger partial charge in [-0.2, -0.15) is 13.5 Å². The van der Waals surface area contributed by atoms with Gasteiger partial charge < -0.3 is 0 Å². The van der Waals surface area contributed by atoms with Gasteiger partial charge >= 0.3 is 0 Å². The fourth-order valence-electron chi connectivity index (χ4n) is 5.20. The van der Waals surface area contributed by atoms with Gasteiger partial charge in [-0.25, -0.2) is 0 Å². The third kappa shape index (κ3) is 8.33. The lowest BCUT2D eigenvalue weighted by Crippen LogP contribution is -1.96. The van der Waals surface area contributed by atoms with E-state index in [1.807, 2.05) is 18.2 Å². The number of benzene rings is 4. The van der Waals surface area contributed by atoms with Crippen LogP contribution in [0.1, 0.15) is 76.7 Å². The van der Waals surface area contributed by atoms with Crippen LogP contribution in [-0.2, 0) is 16.5 Å². The van der Waals surface area contributed by atoms with Gasteiger partial charge in [-0.15, -0.1) is 5.11 Å². The van der Waals surface area contributed by atoms with Crippen LogP contribution in [0.5, 0.6) is 0 Å². The Morgan fingerprint density at radius 3 is 1.93 bits per heavy atom. The van der Waals surface area contributed by atoms with Crippen LogP contribution in [0, 0.1) is 0 Å². The molecule has 0 amide bonds. The van der Waals surface area contributed by atoms with Crippen molar-refractivity contribution >= 4 is 32.3 Å². The Kier molecular flexibility index (Phi) is 11.0. The lowest BCUT2D eigenvalue weighted by Gasteiger charge is -2.16. The molecule has 6 heteroatoms. The third-order valence-corrected chi connectivity index (χ3v) is 8.26. The summed E-state index contributed by atoms with van der Waals surface area (Å²) in [5.74, 6) is 0. The first-order valence-electron chi connectivity index (χ1n) is 14.6. The lowest BCUT2D eigenvalue weighted by atomic mass is 9.90. The number of unbranched alkanes of at least 4 members (excludes halogenated alkanes) is 9. The standard InChI is InChI=1S/C34H40N2O3S/c1-2-3-4-5-6-7-8-9-10-14-21-32-33(27-17-12-11-13-18-27)26-28-19-15-16-20-31(28)34(32)36-35-29-22-24-30(25-23-29)40(37,38)39/h11-13,15-20,22-26H,2-10,14,21H2,1H3,(H,37,38,39). The molecular formula is C34H40N2O3S. The molecule has 1 N–H and O–H groups in total. The third-order valence-electron chi connectivity index (χ3n) is 7.39. The van der Waals surface area contributed by atoms with Crippen LogP contribution >= 0.6 is 0 Å². The molecule has 0 aliphatic heterocycles. The summed E-state index contributed by atoms with van der Waals surface area (Å²) in [6.07, 6.45) is 13.8. The van der Waals surface area contributed by atoms with Crippen molar-refractivity contribution in [1.29, 1.82) is 0 Å². The van der Waals surface area contributed by atoms with Crippen LogP contribution in [0.15, 0.2) is 100 Å². The molecule has 0 bridgehead atoms. The molecule has 5 nitrogen and oxygen atoms in total. The summed E-state index contributed by atoms with van der Waals surface area (Å²) in [7, 11) is -4.26. The molecule has 0 aliphatic carbocycles. The lowest BCUT2D eigenvalue weighted by molar-refractivity contribution is 0.483. The van der Waals surface area contributed by atoms with Crippen molar-refractivity contribution in [1.82, 2.24) is 0 Å². The van der Waals surface area contributed by atoms with Crippen molar-refractivity contribution in [3.63, 3.8) is 0 Å². The highest BCUT2D eigenvalue weighted by atomic mass is 32.2. The van der Waals surface area contributed by atoms with Crippen molar-refractivity contribution in [2.75, 3.05) is 0 Å². The monoisotopic (exact) mass is 556 g/mol. The molecule has 210 valence electrons. The summed E-state index contributed by atoms with van der Waals surface area (Å²) in [6.45, 7) is 2.26. The number of rotatable bonds is 15. The maximum atomic E-state index is 11.4. The Bertz CT molecular complexity index is 1500. The van der Waals surface area contributed by atoms with Crippen molar-refractivity contribution in [3.8, 4) is 11.1 Å². The second-order valence-electron chi connectivity index (χ2n) is 10.4. The fourth-order valence-corrected chi connectivity index (χ4v) is 5.68. The number of hydrogen-bond donors (Lipinski definition) is 1. The van der Waals surface area contributed by atoms with E-state index in [4.69, 9.17) is 5.11 Å². The minimum Gasteiger partial charge on any atom is -0.282 e. The Labute approximate surface area is 239 Å². The molecule has 0 atom stereocenters. The summed E-state index contributed by atoms with van der Waals surface area (Å²) >= 11 is 0. The predicted octanol–water partition coefficient (Wildman–Crippen LogP) is 10.6. The molecule has 0 heterocycles. The maximum Gasteiger partial charge on any atom is 0.294 e. The van der Waals surface area contributed by atoms with Gasteiger partial charge in [0.15, 0.2) is 0 Å². The molecular weight excluding hydrogens is 516 g/mol. The molecule has 0 aliphatic rings. The summed E-state index contributed by atoms with van der Waals surface area (Å²) in [4.78, 5) is -0.162. The summed E-state index contributed by atoms with van der Waals surface area (Å²) in [6, 6.07) is 26.7. The van der Waals surface area contributed by atoms with Crippen LogP contribution in [0.2, 0.25) is 0 Å². The van der Waals surface area contributed by atoms with Gasteiger partial charge in [0.1, 0.15) is 0 Å². The van der Waals surface area contributed by atoms with E-state index in [1.165, 1.54) is 81.0 Å². The smallest absolute Gasteiger partial charge is 0.282 e. The van der Waals surface area contributed by atoms with Gasteiger partial charge in [-0.3, -0.25) is 4.55 Å². The van der Waals surface area contributed by atoms with E-state index in [9.17, 15) is 13.0 Å². The van der Waals surface area contributed by atoms with E-state index in [-0.39, 0.29) is 4.90 Å². The zero-order valence-electron chi connectivity index (χ0n) is 23.4. The Morgan fingerprint density at radius 1 is 0.675 bits per heavy atom. The number of fused-ring (bicyclic) bond motifs is 1. The summed E-state index contributed by atoms with van der Waals surface area (Å²) < 4.78 is 32.1. The van der Waals surface area contributed by atoms with Crippen LogP contribution in [-0.4, -0.2) is 13.0 Å². The van der Waals surface area contributed by atoms with Crippen LogP contribution in [0.3, 0.4) is 0 Å². The quantitative estimate of drug-likeness (QED) is 0.0898. The molecule has 0 radical (unpaired) electrons. The highest BCUT2D eigenvalue weighted by Crippen LogP contribution is 2.40. The van der Waals surface area contributed by atoms with E-state index in [0.717, 1.165) is 34.9 Å². The van der Waals surface area contributed by atoms with Crippen molar-refractivity contribution in [3.05, 3.63) is 90.5 Å². The Morgan fingerprint density at radius 2 is 1.27 bits per heavy atom. The topological polar surface area (TPSA) is 79.1 Å². The second-order valence-corrected chi connectivity index (χ2v) is 11.9. The minimum absolute atomic E-state index is 0.162. The van der Waals surface area contributed by atoms with Crippen LogP contribution in [0.4, 0.5) is 11.4 Å². The predicted molar refractivity (Wildman–Crippen MR) is 165 cm³/mol. The van der Waals surface area contributed by atoms with Gasteiger partial charge in [0.25, 0.3) is 10.1 Å². The van der Waals surface area contributed by atoms with Gasteiger partial charge in [0.2, 0.25) is 0 Å². The van der Waals surface area contributed by atoms with Crippen molar-refractivity contribution in [2.24, 2.45) is 10.2 Å². The largest absolute Gasteiger partial charge is 0.294 e. The average Bonchev–Trinajstić information content (AvgIpc) is 2.97. The highest BCUT2D eigenvalue weighted by Gasteiger charge is 2.15. The molecule has 0 fully saturated rings. The summed E-state index contributed by atoms with van der Waals surface area (Å²) in [5, 5.41) is 11.4. The van der Waals surface area contributed by atoms with Gasteiger partial charge in [-0.05, 0) is 65.3 Å². The summed E-state index contributed by atoms with van der Waals surface area (Å²) in [5.41, 5.74) is 4.89. The number of hydrogen-bond acceptors (Lipinski definition) is 4. The SMILES string of the molecule is CCCCCCCCCCCCc1c(-c2ccccc2)cc2ccccc2c1N=Nc1ccc(S(=O)(=O)O)cc1. The first kappa shape index (κ1) is 29.6. The van der Waals surface area contributed by atoms with Gasteiger partial charge in [0, 0.05) is 5.39 Å². The van der Waals surface area contributed by atoms with E-state index >= 15 is 0 Å². The second kappa shape index (κ2) is 14.9. The molecule has 0 saturated heterocycles. The average molecular weight is 557 g/mol. The fraction of sp³-hybridized carbons (Fsp3) is 0.353. The molecule has 40 heavy (non-hydrogen) atoms. The normalized spacial score (nSPS) is 11.9. The van der Waals surface area contributed by atoms with Crippen molar-refractivity contribution in [2.45, 2.75) is 82.4 Å². The van der Waals surface area contributed by atoms with E-state index < -0.39 is 10.1 Å². The van der Waals surface area contributed by atoms with Crippen LogP contribution in [0.25, 0.3) is 21.9 Å². The molecule has 0 unspecified atom stereocenters. The zero-order chi connectivity index (χ0) is 28.2. The molecule has 0 saturated carbocycles. The molecule has 4 aromatic carbocycles. The first-order chi connectivity index (χ1) is 19.5.